The van der Waals surface area contributed by atoms with E-state index in [0.717, 1.165) is 16.7 Å². The molecule has 0 aliphatic carbocycles. The largest absolute Gasteiger partial charge is 0.451 e. The average Bonchev–Trinajstić information content (AvgIpc) is 3.37. The number of hydrogen-bond acceptors (Lipinski definition) is 25. The summed E-state index contributed by atoms with van der Waals surface area (Å²) >= 11 is 0. The molecule has 75 heavy (non-hydrogen) atoms. The average molecular weight is 1080 g/mol. The van der Waals surface area contributed by atoms with Gasteiger partial charge in [0.15, 0.2) is 37.6 Å². The molecule has 5 heterocycles. The van der Waals surface area contributed by atoms with E-state index in [1.54, 1.807) is 25.2 Å². The van der Waals surface area contributed by atoms with E-state index < -0.39 is 166 Å². The molecule has 0 amide bonds. The van der Waals surface area contributed by atoms with Crippen molar-refractivity contribution in [3.63, 3.8) is 0 Å². The molecule has 0 radical (unpaired) electrons. The van der Waals surface area contributed by atoms with Gasteiger partial charge in [-0.15, -0.1) is 0 Å². The van der Waals surface area contributed by atoms with Crippen molar-refractivity contribution < 1.29 is 123 Å². The second kappa shape index (κ2) is 29.1. The van der Waals surface area contributed by atoms with Gasteiger partial charge in [-0.25, -0.2) is 4.79 Å². The predicted octanol–water partition coefficient (Wildman–Crippen LogP) is -2.91. The van der Waals surface area contributed by atoms with E-state index in [2.05, 4.69) is 0 Å². The summed E-state index contributed by atoms with van der Waals surface area (Å²) in [6.45, 7) is 12.0. The minimum absolute atomic E-state index is 0.00325. The molecule has 5 aliphatic rings. The summed E-state index contributed by atoms with van der Waals surface area (Å²) in [6, 6.07) is 0. The van der Waals surface area contributed by atoms with Crippen molar-refractivity contribution in [1.29, 1.82) is 0 Å². The molecule has 0 spiro atoms. The second-order valence-corrected chi connectivity index (χ2v) is 20.1. The summed E-state index contributed by atoms with van der Waals surface area (Å²) in [6.07, 6.45) is -27.9. The van der Waals surface area contributed by atoms with Gasteiger partial charge in [-0.1, -0.05) is 41.0 Å². The third-order valence-corrected chi connectivity index (χ3v) is 14.0. The molecule has 25 heteroatoms. The van der Waals surface area contributed by atoms with Gasteiger partial charge in [-0.3, -0.25) is 0 Å². The molecule has 5 fully saturated rings. The van der Waals surface area contributed by atoms with Crippen molar-refractivity contribution >= 4 is 5.97 Å². The molecular weight excluding hydrogens is 1000 g/mol. The number of aliphatic hydroxyl groups excluding tert-OH is 13. The maximum atomic E-state index is 13.7. The molecule has 0 aromatic heterocycles. The Hall–Kier alpha value is -2.49. The van der Waals surface area contributed by atoms with Crippen LogP contribution in [0.1, 0.15) is 81.1 Å². The van der Waals surface area contributed by atoms with Crippen LogP contribution in [0.4, 0.5) is 0 Å². The molecule has 0 aromatic rings. The Morgan fingerprint density at radius 3 is 1.47 bits per heavy atom. The van der Waals surface area contributed by atoms with Crippen LogP contribution in [0.25, 0.3) is 0 Å². The Bertz CT molecular complexity index is 1900. The summed E-state index contributed by atoms with van der Waals surface area (Å²) in [4.78, 5) is 13.7. The van der Waals surface area contributed by atoms with Gasteiger partial charge in [0.1, 0.15) is 91.6 Å². The molecule has 0 bridgehead atoms. The van der Waals surface area contributed by atoms with Crippen molar-refractivity contribution in [2.75, 3.05) is 26.4 Å². The van der Waals surface area contributed by atoms with E-state index in [9.17, 15) is 71.2 Å². The van der Waals surface area contributed by atoms with Crippen LogP contribution in [0.15, 0.2) is 46.6 Å². The summed E-state index contributed by atoms with van der Waals surface area (Å²) in [5.41, 5.74) is 2.69. The van der Waals surface area contributed by atoms with Crippen LogP contribution in [-0.4, -0.2) is 252 Å². The second-order valence-electron chi connectivity index (χ2n) is 20.1. The molecule has 5 saturated heterocycles. The lowest BCUT2D eigenvalue weighted by Gasteiger charge is -2.48. The molecule has 432 valence electrons. The van der Waals surface area contributed by atoms with Crippen molar-refractivity contribution in [3.05, 3.63) is 46.6 Å². The molecule has 5 rings (SSSR count). The quantitative estimate of drug-likeness (QED) is 0.0294. The van der Waals surface area contributed by atoms with Gasteiger partial charge in [-0.05, 0) is 81.1 Å². The summed E-state index contributed by atoms with van der Waals surface area (Å²) in [7, 11) is 0. The lowest BCUT2D eigenvalue weighted by atomic mass is 9.96. The first-order chi connectivity index (χ1) is 35.4. The minimum Gasteiger partial charge on any atom is -0.451 e. The minimum atomic E-state index is -1.80. The predicted molar refractivity (Wildman–Crippen MR) is 256 cm³/mol. The van der Waals surface area contributed by atoms with Gasteiger partial charge in [0.2, 0.25) is 0 Å². The number of carbonyl (C=O) groups is 1. The third kappa shape index (κ3) is 16.3. The maximum absolute atomic E-state index is 13.7. The van der Waals surface area contributed by atoms with Gasteiger partial charge < -0.3 is 118 Å². The molecule has 25 nitrogen and oxygen atoms in total. The van der Waals surface area contributed by atoms with Crippen LogP contribution in [0.2, 0.25) is 0 Å². The normalized spacial score (nSPS) is 43.7. The standard InChI is InChI=1S/C50H82O25/c1-21(15-17-51)12-10-14-24(4)45(64)72-44-43(75-48-37(60)35(58)30(53)25(5)69-48)33(56)28(8)70-50(44)74-42-32(55)26(6)67-46(39(42)62)65-18-16-22(2)11-9-13-23(3)20-66-47-40(63)41(31(54)27(7)68-47)73-49-38(61)36(59)34(57)29(19-52)71-49/h13-16,25-44,46-63H,9-12,17-20H2,1-8H3/b21-15-,22-16-,23-13+,24-14+/t25-,26-,27-,28-,29+,30-,31-,32-,33-,34+,35+,36-,37+,38+,39+,40+,41+,42+,43+,44+,46-,47-,48+,49-,50+/m0/s1. The van der Waals surface area contributed by atoms with E-state index in [0.29, 0.717) is 25.7 Å². The number of rotatable bonds is 22. The van der Waals surface area contributed by atoms with Gasteiger partial charge in [0.05, 0.1) is 50.8 Å². The lowest BCUT2D eigenvalue weighted by molar-refractivity contribution is -0.375. The highest BCUT2D eigenvalue weighted by Crippen LogP contribution is 2.35. The smallest absolute Gasteiger partial charge is 0.333 e. The van der Waals surface area contributed by atoms with Crippen molar-refractivity contribution in [3.8, 4) is 0 Å². The summed E-state index contributed by atoms with van der Waals surface area (Å²) in [5.74, 6) is -0.877. The zero-order chi connectivity index (χ0) is 55.6. The van der Waals surface area contributed by atoms with E-state index in [-0.39, 0.29) is 25.4 Å². The Labute approximate surface area is 436 Å². The Morgan fingerprint density at radius 1 is 0.440 bits per heavy atom. The van der Waals surface area contributed by atoms with Crippen molar-refractivity contribution in [2.45, 2.75) is 235 Å². The van der Waals surface area contributed by atoms with Crippen LogP contribution in [0.5, 0.6) is 0 Å². The van der Waals surface area contributed by atoms with E-state index in [1.807, 2.05) is 19.9 Å². The van der Waals surface area contributed by atoms with E-state index in [4.69, 9.17) is 52.1 Å². The number of ether oxygens (including phenoxy) is 11. The zero-order valence-corrected chi connectivity index (χ0v) is 43.6. The monoisotopic (exact) mass is 1080 g/mol. The Morgan fingerprint density at radius 2 is 0.893 bits per heavy atom. The highest BCUT2D eigenvalue weighted by Gasteiger charge is 2.55. The first kappa shape index (κ1) is 63.3. The number of esters is 1. The van der Waals surface area contributed by atoms with Gasteiger partial charge >= 0.3 is 5.97 Å². The molecule has 5 aliphatic heterocycles. The van der Waals surface area contributed by atoms with Crippen molar-refractivity contribution in [1.82, 2.24) is 0 Å². The van der Waals surface area contributed by atoms with Gasteiger partial charge in [0, 0.05) is 5.57 Å². The van der Waals surface area contributed by atoms with Crippen LogP contribution >= 0.6 is 0 Å². The zero-order valence-electron chi connectivity index (χ0n) is 43.6. The Balaban J connectivity index is 1.19. The van der Waals surface area contributed by atoms with Gasteiger partial charge in [-0.2, -0.15) is 0 Å². The van der Waals surface area contributed by atoms with Crippen LogP contribution in [-0.2, 0) is 56.9 Å². The maximum Gasteiger partial charge on any atom is 0.333 e. The van der Waals surface area contributed by atoms with Gasteiger partial charge in [0.25, 0.3) is 0 Å². The highest BCUT2D eigenvalue weighted by atomic mass is 16.8. The molecule has 0 aromatic carbocycles. The number of hydrogen-bond donors (Lipinski definition) is 13. The number of aliphatic hydroxyl groups is 13. The fourth-order valence-corrected chi connectivity index (χ4v) is 9.02. The van der Waals surface area contributed by atoms with Crippen LogP contribution < -0.4 is 0 Å². The topological polar surface area (TPSA) is 382 Å². The summed E-state index contributed by atoms with van der Waals surface area (Å²) < 4.78 is 64.2. The fraction of sp³-hybridized carbons (Fsp3) is 0.820. The molecule has 0 saturated carbocycles. The molecule has 13 N–H and O–H groups in total. The Kier molecular flexibility index (Phi) is 24.6. The van der Waals surface area contributed by atoms with E-state index >= 15 is 0 Å². The molecule has 0 unspecified atom stereocenters. The van der Waals surface area contributed by atoms with E-state index in [1.165, 1.54) is 34.6 Å². The first-order valence-electron chi connectivity index (χ1n) is 25.4. The summed E-state index contributed by atoms with van der Waals surface area (Å²) in [5, 5.41) is 137. The fourth-order valence-electron chi connectivity index (χ4n) is 9.02. The SMILES string of the molecule is C/C(=C/CO[C@H]1O[C@@H](C)[C@H](O)[C@@H](O[C@H]2O[C@@H](C)[C@H](O)[C@@H](O[C@H]3O[C@@H](C)[C@H](O)[C@@H](O)[C@H]3O)[C@H]2OC(=O)/C(C)=C/CC/C(C)=C\CO)[C@H]1O)CC/C=C(\C)CO[C@H]1O[C@@H](C)[C@H](O)[C@@H](O[C@@H]2O[C@H](CO)[C@@H](O)[C@H](O)[C@H]2O)[C@H]1O. The highest BCUT2D eigenvalue weighted by molar-refractivity contribution is 5.87. The molecular formula is C50H82O25. The third-order valence-electron chi connectivity index (χ3n) is 14.0. The van der Waals surface area contributed by atoms with Crippen LogP contribution in [0.3, 0.4) is 0 Å². The van der Waals surface area contributed by atoms with Crippen molar-refractivity contribution in [2.24, 2.45) is 0 Å². The first-order valence-corrected chi connectivity index (χ1v) is 25.4. The van der Waals surface area contributed by atoms with Crippen LogP contribution in [0, 0.1) is 0 Å². The number of carbonyl (C=O) groups excluding carboxylic acids is 1. The number of allylic oxidation sites excluding steroid dienone is 4. The lowest BCUT2D eigenvalue weighted by Crippen LogP contribution is -2.66. The molecule has 25 atom stereocenters.